The van der Waals surface area contributed by atoms with Gasteiger partial charge in [-0.25, -0.2) is 4.98 Å². The summed E-state index contributed by atoms with van der Waals surface area (Å²) < 4.78 is 16.7. The van der Waals surface area contributed by atoms with E-state index in [2.05, 4.69) is 18.2 Å². The molecule has 0 amide bonds. The van der Waals surface area contributed by atoms with Crippen LogP contribution in [0.25, 0.3) is 21.7 Å². The summed E-state index contributed by atoms with van der Waals surface area (Å²) in [5.41, 5.74) is 1.86. The highest BCUT2D eigenvalue weighted by Gasteiger charge is 2.21. The van der Waals surface area contributed by atoms with Crippen LogP contribution >= 0.6 is 0 Å². The van der Waals surface area contributed by atoms with E-state index in [9.17, 15) is 0 Å². The van der Waals surface area contributed by atoms with Crippen LogP contribution in [0.15, 0.2) is 42.5 Å². The Balaban J connectivity index is 1.99. The van der Waals surface area contributed by atoms with E-state index in [1.54, 1.807) is 7.11 Å². The zero-order chi connectivity index (χ0) is 14.9. The molecule has 2 heterocycles. The lowest BCUT2D eigenvalue weighted by molar-refractivity contribution is -0.0910. The third kappa shape index (κ3) is 2.21. The number of aromatic nitrogens is 1. The van der Waals surface area contributed by atoms with Crippen molar-refractivity contribution in [2.45, 2.75) is 6.10 Å². The maximum absolute atomic E-state index is 5.86. The van der Waals surface area contributed by atoms with Gasteiger partial charge < -0.3 is 14.2 Å². The molecule has 1 aliphatic heterocycles. The number of nitrogens with zero attached hydrogens (tertiary/aromatic N) is 1. The summed E-state index contributed by atoms with van der Waals surface area (Å²) in [7, 11) is 1.67. The number of benzene rings is 2. The van der Waals surface area contributed by atoms with Crippen molar-refractivity contribution in [1.82, 2.24) is 4.98 Å². The van der Waals surface area contributed by atoms with E-state index in [-0.39, 0.29) is 6.10 Å². The average molecular weight is 295 g/mol. The highest BCUT2D eigenvalue weighted by molar-refractivity contribution is 6.07. The van der Waals surface area contributed by atoms with Gasteiger partial charge in [-0.05, 0) is 17.5 Å². The molecule has 0 spiro atoms. The molecule has 4 heteroatoms. The van der Waals surface area contributed by atoms with Gasteiger partial charge >= 0.3 is 0 Å². The SMILES string of the molecule is COc1ccc2c(c1)nc(C1COCCO1)c1ccccc12. The molecule has 0 saturated carbocycles. The van der Waals surface area contributed by atoms with Gasteiger partial charge in [-0.3, -0.25) is 0 Å². The maximum atomic E-state index is 5.86. The molecule has 0 radical (unpaired) electrons. The Labute approximate surface area is 128 Å². The van der Waals surface area contributed by atoms with E-state index in [4.69, 9.17) is 19.2 Å². The fourth-order valence-corrected chi connectivity index (χ4v) is 2.98. The number of methoxy groups -OCH3 is 1. The fraction of sp³-hybridized carbons (Fsp3) is 0.278. The molecule has 1 atom stereocenters. The zero-order valence-electron chi connectivity index (χ0n) is 12.4. The first-order valence-electron chi connectivity index (χ1n) is 7.42. The van der Waals surface area contributed by atoms with E-state index in [0.29, 0.717) is 19.8 Å². The Bertz CT molecular complexity index is 825. The minimum atomic E-state index is -0.116. The molecule has 112 valence electrons. The van der Waals surface area contributed by atoms with Gasteiger partial charge in [-0.2, -0.15) is 0 Å². The molecule has 1 aromatic heterocycles. The molecule has 0 N–H and O–H groups in total. The summed E-state index contributed by atoms with van der Waals surface area (Å²) in [6.45, 7) is 1.80. The smallest absolute Gasteiger partial charge is 0.123 e. The molecule has 4 rings (SSSR count). The van der Waals surface area contributed by atoms with Crippen LogP contribution in [0.2, 0.25) is 0 Å². The summed E-state index contributed by atoms with van der Waals surface area (Å²) in [5.74, 6) is 0.807. The third-order valence-electron chi connectivity index (χ3n) is 4.06. The molecular weight excluding hydrogens is 278 g/mol. The third-order valence-corrected chi connectivity index (χ3v) is 4.06. The number of rotatable bonds is 2. The summed E-state index contributed by atoms with van der Waals surface area (Å²) in [6.07, 6.45) is -0.116. The van der Waals surface area contributed by atoms with Crippen LogP contribution in [0, 0.1) is 0 Å². The van der Waals surface area contributed by atoms with E-state index < -0.39 is 0 Å². The van der Waals surface area contributed by atoms with Gasteiger partial charge in [0.1, 0.15) is 11.9 Å². The molecule has 0 aliphatic carbocycles. The second-order valence-corrected chi connectivity index (χ2v) is 5.36. The summed E-state index contributed by atoms with van der Waals surface area (Å²) in [5, 5.41) is 3.42. The molecule has 3 aromatic rings. The maximum Gasteiger partial charge on any atom is 0.123 e. The van der Waals surface area contributed by atoms with Gasteiger partial charge in [-0.15, -0.1) is 0 Å². The topological polar surface area (TPSA) is 40.6 Å². The molecule has 22 heavy (non-hydrogen) atoms. The van der Waals surface area contributed by atoms with Crippen LogP contribution in [0.4, 0.5) is 0 Å². The summed E-state index contributed by atoms with van der Waals surface area (Å²) in [6, 6.07) is 14.3. The van der Waals surface area contributed by atoms with Crippen molar-refractivity contribution in [3.05, 3.63) is 48.2 Å². The first kappa shape index (κ1) is 13.5. The van der Waals surface area contributed by atoms with Crippen LogP contribution < -0.4 is 4.74 Å². The van der Waals surface area contributed by atoms with Crippen molar-refractivity contribution in [2.75, 3.05) is 26.9 Å². The molecule has 1 saturated heterocycles. The molecule has 1 unspecified atom stereocenters. The van der Waals surface area contributed by atoms with Crippen molar-refractivity contribution >= 4 is 21.7 Å². The Hall–Kier alpha value is -2.17. The molecular formula is C18H17NO3. The Morgan fingerprint density at radius 3 is 2.68 bits per heavy atom. The molecule has 1 aliphatic rings. The summed E-state index contributed by atoms with van der Waals surface area (Å²) in [4.78, 5) is 4.85. The highest BCUT2D eigenvalue weighted by Crippen LogP contribution is 2.33. The van der Waals surface area contributed by atoms with Crippen LogP contribution in [0.5, 0.6) is 5.75 Å². The van der Waals surface area contributed by atoms with Gasteiger partial charge in [0, 0.05) is 16.8 Å². The van der Waals surface area contributed by atoms with Crippen LogP contribution in [0.3, 0.4) is 0 Å². The quantitative estimate of drug-likeness (QED) is 0.679. The number of pyridine rings is 1. The number of ether oxygens (including phenoxy) is 3. The predicted octanol–water partition coefficient (Wildman–Crippen LogP) is 3.48. The lowest BCUT2D eigenvalue weighted by atomic mass is 10.0. The van der Waals surface area contributed by atoms with Crippen molar-refractivity contribution in [3.8, 4) is 5.75 Å². The standard InChI is InChI=1S/C18H17NO3/c1-20-12-6-7-14-13-4-2-3-5-15(13)18(19-16(14)10-12)17-11-21-8-9-22-17/h2-7,10,17H,8-9,11H2,1H3. The van der Waals surface area contributed by atoms with E-state index in [1.165, 1.54) is 5.39 Å². The fourth-order valence-electron chi connectivity index (χ4n) is 2.98. The van der Waals surface area contributed by atoms with Crippen molar-refractivity contribution in [2.24, 2.45) is 0 Å². The first-order chi connectivity index (χ1) is 10.9. The van der Waals surface area contributed by atoms with Crippen molar-refractivity contribution in [1.29, 1.82) is 0 Å². The molecule has 2 aromatic carbocycles. The van der Waals surface area contributed by atoms with E-state index >= 15 is 0 Å². The molecule has 1 fully saturated rings. The lowest BCUT2D eigenvalue weighted by Crippen LogP contribution is -2.23. The largest absolute Gasteiger partial charge is 0.497 e. The Morgan fingerprint density at radius 1 is 1.05 bits per heavy atom. The predicted molar refractivity (Wildman–Crippen MR) is 85.3 cm³/mol. The summed E-state index contributed by atoms with van der Waals surface area (Å²) >= 11 is 0. The lowest BCUT2D eigenvalue weighted by Gasteiger charge is -2.24. The average Bonchev–Trinajstić information content (AvgIpc) is 2.61. The normalized spacial score (nSPS) is 18.7. The van der Waals surface area contributed by atoms with Crippen LogP contribution in [-0.4, -0.2) is 31.9 Å². The zero-order valence-corrected chi connectivity index (χ0v) is 12.4. The van der Waals surface area contributed by atoms with E-state index in [1.807, 2.05) is 24.3 Å². The van der Waals surface area contributed by atoms with Crippen LogP contribution in [-0.2, 0) is 9.47 Å². The van der Waals surface area contributed by atoms with Crippen molar-refractivity contribution in [3.63, 3.8) is 0 Å². The van der Waals surface area contributed by atoms with Gasteiger partial charge in [0.05, 0.1) is 38.1 Å². The number of fused-ring (bicyclic) bond motifs is 3. The second kappa shape index (κ2) is 5.55. The first-order valence-corrected chi connectivity index (χ1v) is 7.42. The number of hydrogen-bond donors (Lipinski definition) is 0. The van der Waals surface area contributed by atoms with E-state index in [0.717, 1.165) is 27.7 Å². The van der Waals surface area contributed by atoms with Gasteiger partial charge in [0.2, 0.25) is 0 Å². The monoisotopic (exact) mass is 295 g/mol. The highest BCUT2D eigenvalue weighted by atomic mass is 16.6. The van der Waals surface area contributed by atoms with Gasteiger partial charge in [0.25, 0.3) is 0 Å². The molecule has 0 bridgehead atoms. The van der Waals surface area contributed by atoms with Crippen LogP contribution in [0.1, 0.15) is 11.8 Å². The van der Waals surface area contributed by atoms with Gasteiger partial charge in [0.15, 0.2) is 0 Å². The molecule has 4 nitrogen and oxygen atoms in total. The Kier molecular flexibility index (Phi) is 3.41. The minimum Gasteiger partial charge on any atom is -0.497 e. The Morgan fingerprint density at radius 2 is 1.91 bits per heavy atom. The number of hydrogen-bond acceptors (Lipinski definition) is 4. The van der Waals surface area contributed by atoms with Crippen molar-refractivity contribution < 1.29 is 14.2 Å². The minimum absolute atomic E-state index is 0.116. The second-order valence-electron chi connectivity index (χ2n) is 5.36. The van der Waals surface area contributed by atoms with Gasteiger partial charge in [-0.1, -0.05) is 24.3 Å².